The minimum absolute atomic E-state index is 0.195. The summed E-state index contributed by atoms with van der Waals surface area (Å²) in [5, 5.41) is 3.96. The number of rotatable bonds is 4. The van der Waals surface area contributed by atoms with Gasteiger partial charge in [0.05, 0.1) is 10.6 Å². The van der Waals surface area contributed by atoms with Crippen molar-refractivity contribution in [3.05, 3.63) is 65.7 Å². The molecule has 4 nitrogen and oxygen atoms in total. The third-order valence-electron chi connectivity index (χ3n) is 2.82. The van der Waals surface area contributed by atoms with Gasteiger partial charge in [0, 0.05) is 0 Å². The van der Waals surface area contributed by atoms with Crippen LogP contribution < -0.4 is 4.83 Å². The zero-order valence-corrected chi connectivity index (χ0v) is 12.2. The van der Waals surface area contributed by atoms with Crippen molar-refractivity contribution in [2.45, 2.75) is 18.7 Å². The highest BCUT2D eigenvalue weighted by Gasteiger charge is 2.11. The molecule has 0 saturated carbocycles. The molecule has 0 radical (unpaired) electrons. The van der Waals surface area contributed by atoms with E-state index in [9.17, 15) is 8.42 Å². The lowest BCUT2D eigenvalue weighted by molar-refractivity contribution is 0.584. The first kappa shape index (κ1) is 14.3. The Morgan fingerprint density at radius 3 is 2.40 bits per heavy atom. The van der Waals surface area contributed by atoms with Gasteiger partial charge in [0.15, 0.2) is 0 Å². The second kappa shape index (κ2) is 5.88. The van der Waals surface area contributed by atoms with Crippen LogP contribution in [-0.4, -0.2) is 14.1 Å². The number of benzene rings is 2. The summed E-state index contributed by atoms with van der Waals surface area (Å²) in [6, 6.07) is 15.9. The van der Waals surface area contributed by atoms with Crippen LogP contribution in [0.5, 0.6) is 0 Å². The van der Waals surface area contributed by atoms with Gasteiger partial charge in [-0.1, -0.05) is 48.0 Å². The van der Waals surface area contributed by atoms with Crippen LogP contribution in [0.2, 0.25) is 0 Å². The van der Waals surface area contributed by atoms with Gasteiger partial charge in [-0.25, -0.2) is 0 Å². The van der Waals surface area contributed by atoms with Gasteiger partial charge >= 0.3 is 0 Å². The molecule has 0 atom stereocenters. The zero-order chi connectivity index (χ0) is 14.6. The minimum atomic E-state index is -3.61. The lowest BCUT2D eigenvalue weighted by Gasteiger charge is -2.05. The minimum Gasteiger partial charge on any atom is -0.200 e. The molecule has 104 valence electrons. The Bertz CT molecular complexity index is 723. The second-order valence-electron chi connectivity index (χ2n) is 4.47. The molecule has 2 aromatic carbocycles. The number of nitrogens with zero attached hydrogens (tertiary/aromatic N) is 1. The Labute approximate surface area is 119 Å². The molecule has 0 heterocycles. The molecular formula is C15H16N2O2S. The lowest BCUT2D eigenvalue weighted by atomic mass is 10.1. The van der Waals surface area contributed by atoms with E-state index in [2.05, 4.69) is 9.93 Å². The Hall–Kier alpha value is -2.14. The molecule has 0 aliphatic carbocycles. The number of hydrogen-bond donors (Lipinski definition) is 1. The van der Waals surface area contributed by atoms with Crippen LogP contribution in [-0.2, 0) is 10.0 Å². The number of hydrogen-bond acceptors (Lipinski definition) is 3. The fourth-order valence-electron chi connectivity index (χ4n) is 1.72. The summed E-state index contributed by atoms with van der Waals surface area (Å²) in [6.07, 6.45) is 0. The molecule has 0 aliphatic heterocycles. The van der Waals surface area contributed by atoms with Gasteiger partial charge in [-0.2, -0.15) is 18.4 Å². The first-order valence-corrected chi connectivity index (χ1v) is 7.65. The number of sulfonamides is 1. The molecule has 1 N–H and O–H groups in total. The van der Waals surface area contributed by atoms with Crippen molar-refractivity contribution in [2.24, 2.45) is 5.10 Å². The number of hydrazone groups is 1. The first-order valence-electron chi connectivity index (χ1n) is 6.17. The highest BCUT2D eigenvalue weighted by Crippen LogP contribution is 2.08. The molecular weight excluding hydrogens is 272 g/mol. The van der Waals surface area contributed by atoms with E-state index in [1.165, 1.54) is 12.1 Å². The van der Waals surface area contributed by atoms with Gasteiger partial charge < -0.3 is 0 Å². The summed E-state index contributed by atoms with van der Waals surface area (Å²) < 4.78 is 24.0. The fourth-order valence-corrected chi connectivity index (χ4v) is 2.59. The van der Waals surface area contributed by atoms with Crippen LogP contribution in [0.3, 0.4) is 0 Å². The molecule has 0 aliphatic rings. The Morgan fingerprint density at radius 2 is 1.75 bits per heavy atom. The highest BCUT2D eigenvalue weighted by atomic mass is 32.2. The van der Waals surface area contributed by atoms with Gasteiger partial charge in [-0.3, -0.25) is 0 Å². The van der Waals surface area contributed by atoms with Gasteiger partial charge in [-0.05, 0) is 31.5 Å². The van der Waals surface area contributed by atoms with Gasteiger partial charge in [0.1, 0.15) is 0 Å². The van der Waals surface area contributed by atoms with Crippen molar-refractivity contribution in [1.29, 1.82) is 0 Å². The zero-order valence-electron chi connectivity index (χ0n) is 11.4. The maximum absolute atomic E-state index is 12.0. The van der Waals surface area contributed by atoms with Gasteiger partial charge in [0.25, 0.3) is 10.0 Å². The quantitative estimate of drug-likeness (QED) is 0.694. The van der Waals surface area contributed by atoms with E-state index >= 15 is 0 Å². The molecule has 0 aromatic heterocycles. The summed E-state index contributed by atoms with van der Waals surface area (Å²) in [5.41, 5.74) is 2.61. The summed E-state index contributed by atoms with van der Waals surface area (Å²) in [7, 11) is -3.61. The predicted octanol–water partition coefficient (Wildman–Crippen LogP) is 2.70. The molecule has 2 aromatic rings. The third kappa shape index (κ3) is 3.45. The molecule has 2 rings (SSSR count). The molecule has 0 bridgehead atoms. The Morgan fingerprint density at radius 1 is 1.05 bits per heavy atom. The van der Waals surface area contributed by atoms with E-state index in [1.807, 2.05) is 31.2 Å². The van der Waals surface area contributed by atoms with Crippen molar-refractivity contribution < 1.29 is 8.42 Å². The van der Waals surface area contributed by atoms with Gasteiger partial charge in [0.2, 0.25) is 0 Å². The average Bonchev–Trinajstić information content (AvgIpc) is 2.46. The van der Waals surface area contributed by atoms with Crippen molar-refractivity contribution in [3.8, 4) is 0 Å². The summed E-state index contributed by atoms with van der Waals surface area (Å²) >= 11 is 0. The SMILES string of the molecule is CC(=NNS(=O)(=O)c1ccccc1)c1cccc(C)c1. The lowest BCUT2D eigenvalue weighted by Crippen LogP contribution is -2.19. The second-order valence-corrected chi connectivity index (χ2v) is 6.14. The van der Waals surface area contributed by atoms with Crippen molar-refractivity contribution >= 4 is 15.7 Å². The van der Waals surface area contributed by atoms with E-state index in [4.69, 9.17) is 0 Å². The maximum Gasteiger partial charge on any atom is 0.276 e. The Balaban J connectivity index is 2.21. The molecule has 0 saturated heterocycles. The van der Waals surface area contributed by atoms with E-state index < -0.39 is 10.0 Å². The topological polar surface area (TPSA) is 58.5 Å². The van der Waals surface area contributed by atoms with E-state index in [0.29, 0.717) is 5.71 Å². The van der Waals surface area contributed by atoms with Crippen molar-refractivity contribution in [2.75, 3.05) is 0 Å². The Kier molecular flexibility index (Phi) is 4.20. The summed E-state index contributed by atoms with van der Waals surface area (Å²) in [4.78, 5) is 2.45. The molecule has 0 spiro atoms. The monoisotopic (exact) mass is 288 g/mol. The molecule has 5 heteroatoms. The van der Waals surface area contributed by atoms with E-state index in [-0.39, 0.29) is 4.90 Å². The fraction of sp³-hybridized carbons (Fsp3) is 0.133. The van der Waals surface area contributed by atoms with Gasteiger partial charge in [-0.15, -0.1) is 0 Å². The van der Waals surface area contributed by atoms with Crippen LogP contribution in [0.25, 0.3) is 0 Å². The maximum atomic E-state index is 12.0. The highest BCUT2D eigenvalue weighted by molar-refractivity contribution is 7.89. The molecule has 20 heavy (non-hydrogen) atoms. The summed E-state index contributed by atoms with van der Waals surface area (Å²) in [5.74, 6) is 0. The van der Waals surface area contributed by atoms with Crippen molar-refractivity contribution in [1.82, 2.24) is 4.83 Å². The van der Waals surface area contributed by atoms with Crippen LogP contribution in [0.1, 0.15) is 18.1 Å². The van der Waals surface area contributed by atoms with Crippen molar-refractivity contribution in [3.63, 3.8) is 0 Å². The van der Waals surface area contributed by atoms with E-state index in [0.717, 1.165) is 11.1 Å². The van der Waals surface area contributed by atoms with Crippen LogP contribution in [0.4, 0.5) is 0 Å². The summed E-state index contributed by atoms with van der Waals surface area (Å²) in [6.45, 7) is 3.74. The predicted molar refractivity (Wildman–Crippen MR) is 80.2 cm³/mol. The third-order valence-corrected chi connectivity index (χ3v) is 4.05. The molecule has 0 unspecified atom stereocenters. The largest absolute Gasteiger partial charge is 0.276 e. The smallest absolute Gasteiger partial charge is 0.200 e. The molecule has 0 amide bonds. The number of nitrogens with one attached hydrogen (secondary N) is 1. The normalized spacial score (nSPS) is 12.2. The van der Waals surface area contributed by atoms with Crippen LogP contribution in [0, 0.1) is 6.92 Å². The standard InChI is InChI=1S/C15H16N2O2S/c1-12-7-6-8-14(11-12)13(2)16-17-20(18,19)15-9-4-3-5-10-15/h3-11,17H,1-2H3. The van der Waals surface area contributed by atoms with E-state index in [1.54, 1.807) is 25.1 Å². The first-order chi connectivity index (χ1) is 9.49. The molecule has 0 fully saturated rings. The average molecular weight is 288 g/mol. The number of aryl methyl sites for hydroxylation is 1. The van der Waals surface area contributed by atoms with Crippen LogP contribution >= 0.6 is 0 Å². The van der Waals surface area contributed by atoms with Crippen LogP contribution in [0.15, 0.2) is 64.6 Å².